The summed E-state index contributed by atoms with van der Waals surface area (Å²) < 4.78 is 5.14. The molecule has 2 rings (SSSR count). The lowest BCUT2D eigenvalue weighted by molar-refractivity contribution is 0.0948. The Bertz CT molecular complexity index is 618. The summed E-state index contributed by atoms with van der Waals surface area (Å²) in [5, 5.41) is 3.44. The van der Waals surface area contributed by atoms with Crippen molar-refractivity contribution in [1.82, 2.24) is 10.3 Å². The van der Waals surface area contributed by atoms with Crippen molar-refractivity contribution >= 4 is 29.1 Å². The number of ether oxygens (including phenoxy) is 1. The second kappa shape index (κ2) is 6.59. The molecule has 104 valence electrons. The number of hydrogen-bond acceptors (Lipinski definition) is 3. The maximum absolute atomic E-state index is 12.2. The van der Waals surface area contributed by atoms with Crippen LogP contribution in [0.25, 0.3) is 0 Å². The summed E-state index contributed by atoms with van der Waals surface area (Å²) in [4.78, 5) is 16.2. The summed E-state index contributed by atoms with van der Waals surface area (Å²) in [6.07, 6.45) is 3.35. The maximum atomic E-state index is 12.2. The Morgan fingerprint density at radius 1 is 1.40 bits per heavy atom. The quantitative estimate of drug-likeness (QED) is 0.942. The molecule has 0 spiro atoms. The number of nitrogens with zero attached hydrogens (tertiary/aromatic N) is 1. The van der Waals surface area contributed by atoms with Gasteiger partial charge in [0.1, 0.15) is 5.75 Å². The number of pyridine rings is 1. The van der Waals surface area contributed by atoms with Crippen LogP contribution in [0.4, 0.5) is 0 Å². The van der Waals surface area contributed by atoms with E-state index in [4.69, 9.17) is 27.9 Å². The predicted molar refractivity (Wildman–Crippen MR) is 78.4 cm³/mol. The normalized spacial score (nSPS) is 10.2. The second-order valence-corrected chi connectivity index (χ2v) is 4.86. The minimum atomic E-state index is -0.310. The molecule has 1 aromatic carbocycles. The molecule has 0 aliphatic heterocycles. The Kier molecular flexibility index (Phi) is 4.82. The minimum absolute atomic E-state index is 0.298. The van der Waals surface area contributed by atoms with Crippen LogP contribution < -0.4 is 10.1 Å². The average molecular weight is 311 g/mol. The van der Waals surface area contributed by atoms with Crippen molar-refractivity contribution in [2.75, 3.05) is 7.11 Å². The zero-order valence-electron chi connectivity index (χ0n) is 10.7. The first-order valence-electron chi connectivity index (χ1n) is 5.82. The standard InChI is InChI=1S/C14H12Cl2N2O2/c1-20-13-11(5-10(15)6-12(13)16)14(19)18-8-9-3-2-4-17-7-9/h2-7H,8H2,1H3,(H,18,19). The first kappa shape index (κ1) is 14.6. The van der Waals surface area contributed by atoms with Crippen LogP contribution in [0.3, 0.4) is 0 Å². The van der Waals surface area contributed by atoms with Crippen LogP contribution in [-0.4, -0.2) is 18.0 Å². The van der Waals surface area contributed by atoms with Gasteiger partial charge in [0.2, 0.25) is 0 Å². The Hall–Kier alpha value is -1.78. The molecule has 0 radical (unpaired) electrons. The number of carbonyl (C=O) groups excluding carboxylic acids is 1. The fourth-order valence-corrected chi connectivity index (χ4v) is 2.29. The first-order chi connectivity index (χ1) is 9.61. The molecule has 1 N–H and O–H groups in total. The summed E-state index contributed by atoms with van der Waals surface area (Å²) in [5.74, 6) is -0.00476. The van der Waals surface area contributed by atoms with E-state index in [0.717, 1.165) is 5.56 Å². The van der Waals surface area contributed by atoms with E-state index in [-0.39, 0.29) is 5.91 Å². The van der Waals surface area contributed by atoms with Gasteiger partial charge in [0.25, 0.3) is 5.91 Å². The van der Waals surface area contributed by atoms with Crippen molar-refractivity contribution in [2.24, 2.45) is 0 Å². The summed E-state index contributed by atoms with van der Waals surface area (Å²) >= 11 is 11.9. The number of methoxy groups -OCH3 is 1. The van der Waals surface area contributed by atoms with E-state index >= 15 is 0 Å². The van der Waals surface area contributed by atoms with Gasteiger partial charge in [-0.2, -0.15) is 0 Å². The van der Waals surface area contributed by atoms with Gasteiger partial charge >= 0.3 is 0 Å². The lowest BCUT2D eigenvalue weighted by atomic mass is 10.1. The van der Waals surface area contributed by atoms with Gasteiger partial charge in [0, 0.05) is 24.0 Å². The van der Waals surface area contributed by atoms with Gasteiger partial charge in [-0.25, -0.2) is 0 Å². The summed E-state index contributed by atoms with van der Waals surface area (Å²) in [7, 11) is 1.45. The number of hydrogen-bond donors (Lipinski definition) is 1. The zero-order valence-corrected chi connectivity index (χ0v) is 12.2. The molecule has 1 aromatic heterocycles. The van der Waals surface area contributed by atoms with Gasteiger partial charge in [-0.05, 0) is 23.8 Å². The van der Waals surface area contributed by atoms with E-state index in [1.807, 2.05) is 6.07 Å². The third kappa shape index (κ3) is 3.40. The highest BCUT2D eigenvalue weighted by Gasteiger charge is 2.16. The highest BCUT2D eigenvalue weighted by molar-refractivity contribution is 6.36. The van der Waals surface area contributed by atoms with Gasteiger partial charge in [-0.15, -0.1) is 0 Å². The predicted octanol–water partition coefficient (Wildman–Crippen LogP) is 3.33. The molecule has 0 bridgehead atoms. The molecular formula is C14H12Cl2N2O2. The zero-order chi connectivity index (χ0) is 14.5. The van der Waals surface area contributed by atoms with Gasteiger partial charge < -0.3 is 10.1 Å². The highest BCUT2D eigenvalue weighted by Crippen LogP contribution is 2.32. The number of halogens is 2. The van der Waals surface area contributed by atoms with E-state index in [0.29, 0.717) is 27.9 Å². The number of nitrogens with one attached hydrogen (secondary N) is 1. The summed E-state index contributed by atoms with van der Waals surface area (Å²) in [5.41, 5.74) is 1.20. The molecule has 6 heteroatoms. The molecule has 0 aliphatic carbocycles. The largest absolute Gasteiger partial charge is 0.494 e. The third-order valence-corrected chi connectivity index (χ3v) is 3.13. The van der Waals surface area contributed by atoms with Crippen molar-refractivity contribution in [3.05, 3.63) is 57.8 Å². The Labute approximate surface area is 126 Å². The molecule has 1 heterocycles. The number of amides is 1. The number of rotatable bonds is 4. The topological polar surface area (TPSA) is 51.2 Å². The van der Waals surface area contributed by atoms with E-state index in [1.165, 1.54) is 19.2 Å². The molecule has 2 aromatic rings. The Balaban J connectivity index is 2.17. The van der Waals surface area contributed by atoms with E-state index in [2.05, 4.69) is 10.3 Å². The number of aromatic nitrogens is 1. The van der Waals surface area contributed by atoms with Gasteiger partial charge in [0.15, 0.2) is 0 Å². The highest BCUT2D eigenvalue weighted by atomic mass is 35.5. The van der Waals surface area contributed by atoms with Crippen LogP contribution >= 0.6 is 23.2 Å². The maximum Gasteiger partial charge on any atom is 0.255 e. The van der Waals surface area contributed by atoms with Crippen LogP contribution in [0.2, 0.25) is 10.0 Å². The lowest BCUT2D eigenvalue weighted by Gasteiger charge is -2.11. The Morgan fingerprint density at radius 3 is 2.85 bits per heavy atom. The monoisotopic (exact) mass is 310 g/mol. The fourth-order valence-electron chi connectivity index (χ4n) is 1.72. The van der Waals surface area contributed by atoms with Gasteiger partial charge in [-0.3, -0.25) is 9.78 Å². The minimum Gasteiger partial charge on any atom is -0.494 e. The van der Waals surface area contributed by atoms with Gasteiger partial charge in [0.05, 0.1) is 17.7 Å². The van der Waals surface area contributed by atoms with Crippen LogP contribution in [-0.2, 0) is 6.54 Å². The molecule has 0 unspecified atom stereocenters. The van der Waals surface area contributed by atoms with Crippen molar-refractivity contribution in [3.8, 4) is 5.75 Å². The first-order valence-corrected chi connectivity index (χ1v) is 6.57. The summed E-state index contributed by atoms with van der Waals surface area (Å²) in [6, 6.07) is 6.72. The van der Waals surface area contributed by atoms with Gasteiger partial charge in [-0.1, -0.05) is 29.3 Å². The number of carbonyl (C=O) groups is 1. The molecule has 20 heavy (non-hydrogen) atoms. The second-order valence-electron chi connectivity index (χ2n) is 4.01. The molecule has 4 nitrogen and oxygen atoms in total. The third-order valence-electron chi connectivity index (χ3n) is 2.63. The average Bonchev–Trinajstić information content (AvgIpc) is 2.45. The van der Waals surface area contributed by atoms with Crippen molar-refractivity contribution < 1.29 is 9.53 Å². The molecule has 0 fully saturated rings. The van der Waals surface area contributed by atoms with Crippen molar-refractivity contribution in [3.63, 3.8) is 0 Å². The molecule has 0 saturated carbocycles. The van der Waals surface area contributed by atoms with E-state index in [1.54, 1.807) is 18.5 Å². The van der Waals surface area contributed by atoms with Crippen LogP contribution in [0.5, 0.6) is 5.75 Å². The molecule has 0 atom stereocenters. The van der Waals surface area contributed by atoms with E-state index < -0.39 is 0 Å². The lowest BCUT2D eigenvalue weighted by Crippen LogP contribution is -2.23. The molecule has 0 saturated heterocycles. The van der Waals surface area contributed by atoms with Crippen LogP contribution in [0, 0.1) is 0 Å². The molecule has 1 amide bonds. The van der Waals surface area contributed by atoms with Crippen molar-refractivity contribution in [1.29, 1.82) is 0 Å². The molecule has 0 aliphatic rings. The Morgan fingerprint density at radius 2 is 2.20 bits per heavy atom. The molecular weight excluding hydrogens is 299 g/mol. The number of benzene rings is 1. The van der Waals surface area contributed by atoms with Crippen molar-refractivity contribution in [2.45, 2.75) is 6.54 Å². The SMILES string of the molecule is COc1c(Cl)cc(Cl)cc1C(=O)NCc1cccnc1. The van der Waals surface area contributed by atoms with Crippen LogP contribution in [0.1, 0.15) is 15.9 Å². The summed E-state index contributed by atoms with van der Waals surface area (Å²) in [6.45, 7) is 0.361. The fraction of sp³-hybridized carbons (Fsp3) is 0.143. The van der Waals surface area contributed by atoms with Crippen LogP contribution in [0.15, 0.2) is 36.7 Å². The smallest absolute Gasteiger partial charge is 0.255 e. The van der Waals surface area contributed by atoms with E-state index in [9.17, 15) is 4.79 Å².